The van der Waals surface area contributed by atoms with Gasteiger partial charge in [-0.25, -0.2) is 4.79 Å². The summed E-state index contributed by atoms with van der Waals surface area (Å²) in [4.78, 5) is 10.7. The minimum absolute atomic E-state index is 0.0809. The monoisotopic (exact) mass is 214 g/mol. The van der Waals surface area contributed by atoms with Gasteiger partial charge in [-0.15, -0.1) is 0 Å². The molecule has 1 fully saturated rings. The molecule has 0 aromatic carbocycles. The van der Waals surface area contributed by atoms with E-state index in [-0.39, 0.29) is 12.2 Å². The van der Waals surface area contributed by atoms with E-state index in [0.717, 1.165) is 25.5 Å². The summed E-state index contributed by atoms with van der Waals surface area (Å²) in [6.07, 6.45) is 3.15. The van der Waals surface area contributed by atoms with Gasteiger partial charge in [0.05, 0.1) is 25.4 Å². The summed E-state index contributed by atoms with van der Waals surface area (Å²) in [6, 6.07) is 0. The van der Waals surface area contributed by atoms with E-state index in [1.807, 2.05) is 0 Å². The zero-order valence-electron chi connectivity index (χ0n) is 9.16. The Morgan fingerprint density at radius 2 is 2.33 bits per heavy atom. The third-order valence-electron chi connectivity index (χ3n) is 2.61. The number of ether oxygens (including phenoxy) is 3. The van der Waals surface area contributed by atoms with Crippen LogP contribution in [0, 0.1) is 0 Å². The van der Waals surface area contributed by atoms with Gasteiger partial charge in [-0.05, 0) is 6.42 Å². The zero-order chi connectivity index (χ0) is 11.1. The number of hydrogen-bond donors (Lipinski definition) is 0. The summed E-state index contributed by atoms with van der Waals surface area (Å²) in [7, 11) is 0. The Morgan fingerprint density at radius 3 is 2.80 bits per heavy atom. The minimum Gasteiger partial charge on any atom is -0.460 e. The molecule has 1 saturated heterocycles. The normalized spacial score (nSPS) is 24.3. The molecule has 0 bridgehead atoms. The van der Waals surface area contributed by atoms with Gasteiger partial charge in [0.15, 0.2) is 0 Å². The van der Waals surface area contributed by atoms with Crippen molar-refractivity contribution in [3.8, 4) is 0 Å². The predicted octanol–water partition coefficient (Wildman–Crippen LogP) is 1.30. The minimum atomic E-state index is -0.413. The second kappa shape index (κ2) is 5.88. The Balaban J connectivity index is 2.01. The molecule has 4 heteroatoms. The van der Waals surface area contributed by atoms with Crippen LogP contribution < -0.4 is 0 Å². The first kappa shape index (κ1) is 12.2. The average Bonchev–Trinajstić information content (AvgIpc) is 2.20. The van der Waals surface area contributed by atoms with Crippen molar-refractivity contribution in [2.24, 2.45) is 0 Å². The van der Waals surface area contributed by atoms with Crippen LogP contribution in [0.3, 0.4) is 0 Å². The maximum atomic E-state index is 10.7. The first-order valence-electron chi connectivity index (χ1n) is 5.23. The summed E-state index contributed by atoms with van der Waals surface area (Å²) in [6.45, 7) is 7.46. The van der Waals surface area contributed by atoms with Crippen LogP contribution in [0.15, 0.2) is 12.7 Å². The van der Waals surface area contributed by atoms with Gasteiger partial charge in [0, 0.05) is 12.5 Å². The summed E-state index contributed by atoms with van der Waals surface area (Å²) < 4.78 is 15.6. The molecule has 15 heavy (non-hydrogen) atoms. The molecule has 1 aliphatic heterocycles. The second-order valence-electron chi connectivity index (χ2n) is 3.56. The van der Waals surface area contributed by atoms with Gasteiger partial charge < -0.3 is 14.2 Å². The van der Waals surface area contributed by atoms with Crippen molar-refractivity contribution in [3.05, 3.63) is 12.7 Å². The largest absolute Gasteiger partial charge is 0.460 e. The molecule has 0 aromatic heterocycles. The van der Waals surface area contributed by atoms with Crippen molar-refractivity contribution in [1.29, 1.82) is 0 Å². The highest BCUT2D eigenvalue weighted by Gasteiger charge is 2.36. The van der Waals surface area contributed by atoms with E-state index >= 15 is 0 Å². The lowest BCUT2D eigenvalue weighted by molar-refractivity contribution is -0.184. The van der Waals surface area contributed by atoms with Crippen LogP contribution in [0.25, 0.3) is 0 Å². The van der Waals surface area contributed by atoms with E-state index < -0.39 is 5.97 Å². The van der Waals surface area contributed by atoms with Crippen LogP contribution in [0.1, 0.15) is 19.8 Å². The zero-order valence-corrected chi connectivity index (χ0v) is 9.16. The first-order valence-corrected chi connectivity index (χ1v) is 5.23. The van der Waals surface area contributed by atoms with Crippen LogP contribution >= 0.6 is 0 Å². The van der Waals surface area contributed by atoms with Crippen molar-refractivity contribution >= 4 is 5.97 Å². The molecule has 0 aromatic rings. The standard InChI is InChI=1S/C11H18O4/c1-3-10(12)14-8-7-13-9-11(4-2)5-6-15-11/h3H,1,4-9H2,2H3. The number of carbonyl (C=O) groups is 1. The lowest BCUT2D eigenvalue weighted by Crippen LogP contribution is -2.47. The van der Waals surface area contributed by atoms with E-state index in [4.69, 9.17) is 14.2 Å². The summed E-state index contributed by atoms with van der Waals surface area (Å²) in [5, 5.41) is 0. The molecular formula is C11H18O4. The fourth-order valence-corrected chi connectivity index (χ4v) is 1.40. The summed E-state index contributed by atoms with van der Waals surface area (Å²) in [5.41, 5.74) is -0.0809. The lowest BCUT2D eigenvalue weighted by Gasteiger charge is -2.40. The van der Waals surface area contributed by atoms with Crippen molar-refractivity contribution in [1.82, 2.24) is 0 Å². The molecule has 0 N–H and O–H groups in total. The molecule has 1 unspecified atom stereocenters. The Morgan fingerprint density at radius 1 is 1.60 bits per heavy atom. The number of rotatable bonds is 7. The van der Waals surface area contributed by atoms with Gasteiger partial charge in [-0.3, -0.25) is 0 Å². The lowest BCUT2D eigenvalue weighted by atomic mass is 9.93. The van der Waals surface area contributed by atoms with E-state index in [2.05, 4.69) is 13.5 Å². The molecule has 0 spiro atoms. The Bertz CT molecular complexity index is 215. The van der Waals surface area contributed by atoms with Gasteiger partial charge in [-0.2, -0.15) is 0 Å². The number of esters is 1. The van der Waals surface area contributed by atoms with Crippen LogP contribution in [0.4, 0.5) is 0 Å². The maximum absolute atomic E-state index is 10.7. The molecule has 1 aliphatic rings. The third kappa shape index (κ3) is 3.64. The van der Waals surface area contributed by atoms with E-state index in [1.165, 1.54) is 0 Å². The van der Waals surface area contributed by atoms with E-state index in [9.17, 15) is 4.79 Å². The molecule has 0 aliphatic carbocycles. The average molecular weight is 214 g/mol. The predicted molar refractivity (Wildman–Crippen MR) is 55.6 cm³/mol. The van der Waals surface area contributed by atoms with Gasteiger partial charge in [-0.1, -0.05) is 13.5 Å². The highest BCUT2D eigenvalue weighted by Crippen LogP contribution is 2.29. The molecule has 1 atom stereocenters. The maximum Gasteiger partial charge on any atom is 0.330 e. The molecular weight excluding hydrogens is 196 g/mol. The number of hydrogen-bond acceptors (Lipinski definition) is 4. The molecule has 0 saturated carbocycles. The van der Waals surface area contributed by atoms with E-state index in [1.54, 1.807) is 0 Å². The highest BCUT2D eigenvalue weighted by atomic mass is 16.6. The van der Waals surface area contributed by atoms with Gasteiger partial charge in [0.25, 0.3) is 0 Å². The molecule has 1 rings (SSSR count). The molecule has 86 valence electrons. The van der Waals surface area contributed by atoms with Crippen molar-refractivity contribution in [3.63, 3.8) is 0 Å². The fourth-order valence-electron chi connectivity index (χ4n) is 1.40. The third-order valence-corrected chi connectivity index (χ3v) is 2.61. The second-order valence-corrected chi connectivity index (χ2v) is 3.56. The van der Waals surface area contributed by atoms with Crippen LogP contribution in [-0.4, -0.2) is 38.0 Å². The molecule has 0 amide bonds. The van der Waals surface area contributed by atoms with Crippen LogP contribution in [-0.2, 0) is 19.0 Å². The Kier molecular flexibility index (Phi) is 4.78. The Hall–Kier alpha value is -0.870. The van der Waals surface area contributed by atoms with Crippen LogP contribution in [0.2, 0.25) is 0 Å². The summed E-state index contributed by atoms with van der Waals surface area (Å²) in [5.74, 6) is -0.413. The number of carbonyl (C=O) groups excluding carboxylic acids is 1. The smallest absolute Gasteiger partial charge is 0.330 e. The molecule has 4 nitrogen and oxygen atoms in total. The van der Waals surface area contributed by atoms with Crippen molar-refractivity contribution in [2.75, 3.05) is 26.4 Å². The summed E-state index contributed by atoms with van der Waals surface area (Å²) >= 11 is 0. The van der Waals surface area contributed by atoms with Crippen molar-refractivity contribution < 1.29 is 19.0 Å². The van der Waals surface area contributed by atoms with Crippen LogP contribution in [0.5, 0.6) is 0 Å². The SMILES string of the molecule is C=CC(=O)OCCOCC1(CC)CCO1. The van der Waals surface area contributed by atoms with Gasteiger partial charge in [0.1, 0.15) is 6.61 Å². The van der Waals surface area contributed by atoms with Gasteiger partial charge >= 0.3 is 5.97 Å². The quantitative estimate of drug-likeness (QED) is 0.364. The fraction of sp³-hybridized carbons (Fsp3) is 0.727. The van der Waals surface area contributed by atoms with Crippen molar-refractivity contribution in [2.45, 2.75) is 25.4 Å². The highest BCUT2D eigenvalue weighted by molar-refractivity contribution is 5.81. The van der Waals surface area contributed by atoms with Gasteiger partial charge in [0.2, 0.25) is 0 Å². The molecule has 1 heterocycles. The van der Waals surface area contributed by atoms with E-state index in [0.29, 0.717) is 13.2 Å². The first-order chi connectivity index (χ1) is 7.22. The molecule has 0 radical (unpaired) electrons. The Labute approximate surface area is 90.2 Å². The topological polar surface area (TPSA) is 44.8 Å².